The molecule has 2 aliphatic heterocycles. The molecular weight excluding hydrogens is 316 g/mol. The zero-order valence-corrected chi connectivity index (χ0v) is 14.0. The zero-order valence-electron chi connectivity index (χ0n) is 13.2. The first-order valence-electron chi connectivity index (χ1n) is 8.12. The number of allylic oxidation sites excluding steroid dienone is 3. The fraction of sp³-hybridized carbons (Fsp3) is 0.647. The second kappa shape index (κ2) is 4.86. The van der Waals surface area contributed by atoms with Gasteiger partial charge in [0.2, 0.25) is 0 Å². The second-order valence-corrected chi connectivity index (χ2v) is 9.27. The van der Waals surface area contributed by atoms with Crippen LogP contribution in [0, 0.1) is 10.8 Å². The fourth-order valence-electron chi connectivity index (χ4n) is 4.94. The number of rotatable bonds is 1. The molecule has 0 radical (unpaired) electrons. The second-order valence-electron chi connectivity index (χ2n) is 7.09. The highest BCUT2D eigenvalue weighted by atomic mass is 32.2. The molecule has 4 rings (SSSR count). The minimum Gasteiger partial charge on any atom is -0.493 e. The van der Waals surface area contributed by atoms with Crippen LogP contribution < -0.4 is 0 Å². The van der Waals surface area contributed by atoms with Crippen molar-refractivity contribution in [3.05, 3.63) is 35.8 Å². The van der Waals surface area contributed by atoms with Gasteiger partial charge in [0.15, 0.2) is 15.6 Å². The van der Waals surface area contributed by atoms with Gasteiger partial charge in [0.05, 0.1) is 30.1 Å². The van der Waals surface area contributed by atoms with Gasteiger partial charge >= 0.3 is 0 Å². The summed E-state index contributed by atoms with van der Waals surface area (Å²) in [4.78, 5) is 0. The van der Waals surface area contributed by atoms with Crippen LogP contribution in [-0.4, -0.2) is 44.3 Å². The summed E-state index contributed by atoms with van der Waals surface area (Å²) in [7, 11) is -1.57. The maximum absolute atomic E-state index is 12.6. The van der Waals surface area contributed by atoms with Gasteiger partial charge < -0.3 is 14.6 Å². The summed E-state index contributed by atoms with van der Waals surface area (Å²) >= 11 is 0. The summed E-state index contributed by atoms with van der Waals surface area (Å²) in [6, 6.07) is 0. The lowest BCUT2D eigenvalue weighted by Gasteiger charge is -2.45. The van der Waals surface area contributed by atoms with Crippen LogP contribution in [0.3, 0.4) is 0 Å². The number of ether oxygens (including phenoxy) is 2. The Morgan fingerprint density at radius 2 is 2.26 bits per heavy atom. The Bertz CT molecular complexity index is 719. The third-order valence-corrected chi connectivity index (χ3v) is 7.77. The summed E-state index contributed by atoms with van der Waals surface area (Å²) in [6.07, 6.45) is 9.48. The first kappa shape index (κ1) is 15.3. The number of hydrogen-bond acceptors (Lipinski definition) is 5. The van der Waals surface area contributed by atoms with Crippen molar-refractivity contribution >= 4 is 9.84 Å². The molecule has 23 heavy (non-hydrogen) atoms. The van der Waals surface area contributed by atoms with E-state index in [9.17, 15) is 13.5 Å². The third kappa shape index (κ3) is 1.97. The number of aliphatic hydroxyl groups is 1. The lowest BCUT2D eigenvalue weighted by molar-refractivity contribution is 0.0237. The molecule has 4 aliphatic rings. The molecule has 3 unspecified atom stereocenters. The van der Waals surface area contributed by atoms with Crippen LogP contribution in [0.2, 0.25) is 0 Å². The molecule has 2 saturated heterocycles. The van der Waals surface area contributed by atoms with Crippen LogP contribution in [0.5, 0.6) is 0 Å². The predicted molar refractivity (Wildman–Crippen MR) is 85.2 cm³/mol. The minimum atomic E-state index is -3.15. The van der Waals surface area contributed by atoms with E-state index in [0.717, 1.165) is 6.42 Å². The van der Waals surface area contributed by atoms with Crippen LogP contribution in [0.4, 0.5) is 0 Å². The maximum atomic E-state index is 12.6. The average Bonchev–Trinajstić information content (AvgIpc) is 2.69. The molecule has 0 aromatic heterocycles. The topological polar surface area (TPSA) is 72.8 Å². The number of hydrogen-bond donors (Lipinski definition) is 1. The Balaban J connectivity index is 1.96. The van der Waals surface area contributed by atoms with Crippen LogP contribution in [-0.2, 0) is 19.3 Å². The van der Waals surface area contributed by atoms with E-state index in [2.05, 4.69) is 0 Å². The standard InChI is InChI=1S/C17H22O5S/c1-21-13-4-2-6-17-11-23(19,20)9-3-7-16(17)8-5-12(18)10-14(16)22-15(13)17/h2,4-5,8,12,14,18H,3,6-7,9-11H2,1H3/t12-,14?,16?,17?/m0/s1. The molecule has 2 heterocycles. The minimum absolute atomic E-state index is 0.0868. The zero-order chi connectivity index (χ0) is 16.3. The smallest absolute Gasteiger partial charge is 0.156 e. The van der Waals surface area contributed by atoms with Gasteiger partial charge in [0.1, 0.15) is 11.9 Å². The van der Waals surface area contributed by atoms with Gasteiger partial charge in [-0.15, -0.1) is 0 Å². The maximum Gasteiger partial charge on any atom is 0.156 e. The van der Waals surface area contributed by atoms with Crippen molar-refractivity contribution in [3.63, 3.8) is 0 Å². The fourth-order valence-corrected chi connectivity index (χ4v) is 6.94. The number of aliphatic hydroxyl groups excluding tert-OH is 1. The quantitative estimate of drug-likeness (QED) is 0.737. The van der Waals surface area contributed by atoms with E-state index in [-0.39, 0.29) is 23.0 Å². The van der Waals surface area contributed by atoms with Crippen molar-refractivity contribution in [1.82, 2.24) is 0 Å². The van der Waals surface area contributed by atoms with Crippen molar-refractivity contribution in [2.75, 3.05) is 18.6 Å². The Hall–Kier alpha value is -1.27. The van der Waals surface area contributed by atoms with E-state index in [0.29, 0.717) is 30.8 Å². The summed E-state index contributed by atoms with van der Waals surface area (Å²) < 4.78 is 36.9. The van der Waals surface area contributed by atoms with E-state index < -0.39 is 21.4 Å². The van der Waals surface area contributed by atoms with Gasteiger partial charge in [-0.2, -0.15) is 0 Å². The highest BCUT2D eigenvalue weighted by Gasteiger charge is 2.67. The van der Waals surface area contributed by atoms with Gasteiger partial charge in [0.25, 0.3) is 0 Å². The van der Waals surface area contributed by atoms with Crippen molar-refractivity contribution in [3.8, 4) is 0 Å². The molecule has 2 aliphatic carbocycles. The first-order valence-corrected chi connectivity index (χ1v) is 9.94. The van der Waals surface area contributed by atoms with Crippen molar-refractivity contribution in [2.45, 2.75) is 37.9 Å². The van der Waals surface area contributed by atoms with E-state index in [1.165, 1.54) is 0 Å². The molecule has 0 bridgehead atoms. The number of sulfone groups is 1. The normalized spacial score (nSPS) is 43.9. The molecule has 1 N–H and O–H groups in total. The van der Waals surface area contributed by atoms with Crippen LogP contribution in [0.25, 0.3) is 0 Å². The average molecular weight is 338 g/mol. The third-order valence-electron chi connectivity index (χ3n) is 5.92. The van der Waals surface area contributed by atoms with Gasteiger partial charge in [-0.1, -0.05) is 18.2 Å². The van der Waals surface area contributed by atoms with E-state index in [1.54, 1.807) is 7.11 Å². The summed E-state index contributed by atoms with van der Waals surface area (Å²) in [5.41, 5.74) is -0.983. The van der Waals surface area contributed by atoms with Crippen molar-refractivity contribution in [2.24, 2.45) is 10.8 Å². The SMILES string of the molecule is COC1=C2OC3C[C@@H](O)C=CC34CCCS(=O)(=O)CC24CC=C1. The summed E-state index contributed by atoms with van der Waals surface area (Å²) in [6.45, 7) is 0. The molecule has 5 nitrogen and oxygen atoms in total. The molecule has 2 spiro atoms. The molecule has 0 amide bonds. The molecule has 4 atom stereocenters. The van der Waals surface area contributed by atoms with E-state index >= 15 is 0 Å². The Morgan fingerprint density at radius 3 is 3.04 bits per heavy atom. The Morgan fingerprint density at radius 1 is 1.43 bits per heavy atom. The molecule has 126 valence electrons. The number of methoxy groups -OCH3 is 1. The predicted octanol–water partition coefficient (Wildman–Crippen LogP) is 1.71. The van der Waals surface area contributed by atoms with Gasteiger partial charge in [-0.3, -0.25) is 0 Å². The van der Waals surface area contributed by atoms with Crippen LogP contribution in [0.15, 0.2) is 35.8 Å². The highest BCUT2D eigenvalue weighted by Crippen LogP contribution is 2.65. The van der Waals surface area contributed by atoms with E-state index in [4.69, 9.17) is 9.47 Å². The van der Waals surface area contributed by atoms with Gasteiger partial charge in [-0.25, -0.2) is 8.42 Å². The molecule has 6 heteroatoms. The molecule has 0 saturated carbocycles. The summed E-state index contributed by atoms with van der Waals surface area (Å²) in [5, 5.41) is 10.0. The Kier molecular flexibility index (Phi) is 3.23. The highest BCUT2D eigenvalue weighted by molar-refractivity contribution is 7.91. The van der Waals surface area contributed by atoms with Crippen LogP contribution in [0.1, 0.15) is 25.7 Å². The first-order chi connectivity index (χ1) is 10.9. The molecule has 0 aromatic carbocycles. The van der Waals surface area contributed by atoms with Gasteiger partial charge in [-0.05, 0) is 25.3 Å². The lowest BCUT2D eigenvalue weighted by Crippen LogP contribution is -2.48. The molecule has 2 fully saturated rings. The molecular formula is C17H22O5S. The lowest BCUT2D eigenvalue weighted by atomic mass is 9.56. The van der Waals surface area contributed by atoms with Crippen molar-refractivity contribution in [1.29, 1.82) is 0 Å². The van der Waals surface area contributed by atoms with E-state index in [1.807, 2.05) is 24.3 Å². The largest absolute Gasteiger partial charge is 0.493 e. The van der Waals surface area contributed by atoms with Crippen LogP contribution >= 0.6 is 0 Å². The summed E-state index contributed by atoms with van der Waals surface area (Å²) in [5.74, 6) is 1.59. The van der Waals surface area contributed by atoms with Crippen molar-refractivity contribution < 1.29 is 23.0 Å². The Labute approximate surface area is 136 Å². The molecule has 0 aromatic rings. The monoisotopic (exact) mass is 338 g/mol. The van der Waals surface area contributed by atoms with Gasteiger partial charge in [0, 0.05) is 11.8 Å².